The molecule has 0 saturated carbocycles. The zero-order chi connectivity index (χ0) is 11.1. The van der Waals surface area contributed by atoms with E-state index in [-0.39, 0.29) is 5.41 Å². The van der Waals surface area contributed by atoms with Crippen molar-refractivity contribution in [2.24, 2.45) is 0 Å². The molecule has 0 unspecified atom stereocenters. The van der Waals surface area contributed by atoms with Crippen molar-refractivity contribution < 1.29 is 0 Å². The Labute approximate surface area is 94.4 Å². The Balaban J connectivity index is 2.74. The van der Waals surface area contributed by atoms with Gasteiger partial charge in [0.25, 0.3) is 0 Å². The lowest BCUT2D eigenvalue weighted by molar-refractivity contribution is 0.571. The Morgan fingerprint density at radius 2 is 2.00 bits per heavy atom. The summed E-state index contributed by atoms with van der Waals surface area (Å²) in [7, 11) is 0. The van der Waals surface area contributed by atoms with Gasteiger partial charge in [0.2, 0.25) is 0 Å². The summed E-state index contributed by atoms with van der Waals surface area (Å²) < 4.78 is 1.24. The molecule has 2 nitrogen and oxygen atoms in total. The maximum atomic E-state index is 4.66. The smallest absolute Gasteiger partial charge is 0.129 e. The van der Waals surface area contributed by atoms with E-state index in [9.17, 15) is 0 Å². The largest absolute Gasteiger partial charge is 0.236 e. The van der Waals surface area contributed by atoms with E-state index in [2.05, 4.69) is 49.1 Å². The highest BCUT2D eigenvalue weighted by molar-refractivity contribution is 7.17. The van der Waals surface area contributed by atoms with Gasteiger partial charge in [0, 0.05) is 11.8 Å². The van der Waals surface area contributed by atoms with Crippen LogP contribution in [-0.4, -0.2) is 9.97 Å². The van der Waals surface area contributed by atoms with Crippen molar-refractivity contribution in [1.82, 2.24) is 9.97 Å². The topological polar surface area (TPSA) is 25.8 Å². The summed E-state index contributed by atoms with van der Waals surface area (Å²) in [6.45, 7) is 8.70. The van der Waals surface area contributed by atoms with E-state index in [4.69, 9.17) is 0 Å². The molecular formula is C12H16N2S. The van der Waals surface area contributed by atoms with Gasteiger partial charge in [0.05, 0.1) is 15.9 Å². The molecule has 0 radical (unpaired) electrons. The van der Waals surface area contributed by atoms with Crippen molar-refractivity contribution >= 4 is 21.6 Å². The van der Waals surface area contributed by atoms with Gasteiger partial charge in [-0.25, -0.2) is 9.97 Å². The molecule has 2 heterocycles. The quantitative estimate of drug-likeness (QED) is 0.734. The predicted molar refractivity (Wildman–Crippen MR) is 65.5 cm³/mol. The molecule has 0 N–H and O–H groups in total. The molecular weight excluding hydrogens is 204 g/mol. The fourth-order valence-corrected chi connectivity index (χ4v) is 2.61. The van der Waals surface area contributed by atoms with Crippen molar-refractivity contribution in [3.8, 4) is 0 Å². The minimum absolute atomic E-state index is 0.0932. The Kier molecular flexibility index (Phi) is 2.51. The molecule has 2 aromatic heterocycles. The average molecular weight is 220 g/mol. The first kappa shape index (κ1) is 10.6. The van der Waals surface area contributed by atoms with Crippen LogP contribution >= 0.6 is 11.3 Å². The molecule has 0 fully saturated rings. The fourth-order valence-electron chi connectivity index (χ4n) is 1.58. The molecule has 0 saturated heterocycles. The van der Waals surface area contributed by atoms with Gasteiger partial charge in [-0.05, 0) is 11.4 Å². The van der Waals surface area contributed by atoms with Crippen LogP contribution < -0.4 is 0 Å². The van der Waals surface area contributed by atoms with Gasteiger partial charge < -0.3 is 0 Å². The highest BCUT2D eigenvalue weighted by atomic mass is 32.1. The van der Waals surface area contributed by atoms with Gasteiger partial charge in [-0.2, -0.15) is 0 Å². The lowest BCUT2D eigenvalue weighted by Gasteiger charge is -2.18. The summed E-state index contributed by atoms with van der Waals surface area (Å²) >= 11 is 1.74. The van der Waals surface area contributed by atoms with Gasteiger partial charge in [-0.15, -0.1) is 11.3 Å². The third-order valence-electron chi connectivity index (χ3n) is 2.38. The zero-order valence-electron chi connectivity index (χ0n) is 9.66. The number of aromatic nitrogens is 2. The van der Waals surface area contributed by atoms with Crippen LogP contribution in [0, 0.1) is 0 Å². The number of rotatable bonds is 1. The van der Waals surface area contributed by atoms with Crippen LogP contribution in [0.5, 0.6) is 0 Å². The second-order valence-corrected chi connectivity index (χ2v) is 5.64. The number of thiophene rings is 1. The van der Waals surface area contributed by atoms with E-state index in [1.54, 1.807) is 11.3 Å². The summed E-state index contributed by atoms with van der Waals surface area (Å²) in [5, 5.41) is 2.09. The Hall–Kier alpha value is -0.960. The second-order valence-electron chi connectivity index (χ2n) is 4.73. The summed E-state index contributed by atoms with van der Waals surface area (Å²) in [6.07, 6.45) is 0.898. The third kappa shape index (κ3) is 1.88. The molecule has 0 spiro atoms. The minimum atomic E-state index is 0.0932. The van der Waals surface area contributed by atoms with Gasteiger partial charge in [-0.3, -0.25) is 0 Å². The van der Waals surface area contributed by atoms with E-state index >= 15 is 0 Å². The Morgan fingerprint density at radius 3 is 2.60 bits per heavy atom. The van der Waals surface area contributed by atoms with Crippen molar-refractivity contribution in [2.45, 2.75) is 39.5 Å². The van der Waals surface area contributed by atoms with Crippen LogP contribution in [-0.2, 0) is 11.8 Å². The standard InChI is InChI=1S/C12H16N2S/c1-5-9-13-8-6-7-15-10(8)11(14-9)12(2,3)4/h6-7H,5H2,1-4H3. The summed E-state index contributed by atoms with van der Waals surface area (Å²) in [6, 6.07) is 2.08. The second kappa shape index (κ2) is 3.56. The van der Waals surface area contributed by atoms with Gasteiger partial charge in [0.1, 0.15) is 5.82 Å². The van der Waals surface area contributed by atoms with Crippen molar-refractivity contribution in [2.75, 3.05) is 0 Å². The monoisotopic (exact) mass is 220 g/mol. The molecule has 0 aliphatic carbocycles. The molecule has 2 aromatic rings. The van der Waals surface area contributed by atoms with Crippen molar-refractivity contribution in [3.63, 3.8) is 0 Å². The first-order valence-electron chi connectivity index (χ1n) is 5.27. The molecule has 0 aliphatic rings. The van der Waals surface area contributed by atoms with E-state index in [1.165, 1.54) is 10.4 Å². The Morgan fingerprint density at radius 1 is 1.27 bits per heavy atom. The lowest BCUT2D eigenvalue weighted by atomic mass is 9.91. The number of hydrogen-bond donors (Lipinski definition) is 0. The predicted octanol–water partition coefficient (Wildman–Crippen LogP) is 3.55. The summed E-state index contributed by atoms with van der Waals surface area (Å²) in [4.78, 5) is 9.19. The van der Waals surface area contributed by atoms with Crippen molar-refractivity contribution in [3.05, 3.63) is 23.0 Å². The maximum absolute atomic E-state index is 4.66. The molecule has 0 amide bonds. The molecule has 0 aromatic carbocycles. The van der Waals surface area contributed by atoms with Gasteiger partial charge >= 0.3 is 0 Å². The molecule has 0 aliphatic heterocycles. The number of nitrogens with zero attached hydrogens (tertiary/aromatic N) is 2. The maximum Gasteiger partial charge on any atom is 0.129 e. The van der Waals surface area contributed by atoms with E-state index in [1.807, 2.05) is 0 Å². The molecule has 0 bridgehead atoms. The molecule has 3 heteroatoms. The summed E-state index contributed by atoms with van der Waals surface area (Å²) in [5.41, 5.74) is 2.37. The molecule has 15 heavy (non-hydrogen) atoms. The number of aryl methyl sites for hydroxylation is 1. The van der Waals surface area contributed by atoms with Crippen LogP contribution in [0.3, 0.4) is 0 Å². The van der Waals surface area contributed by atoms with Crippen LogP contribution in [0.25, 0.3) is 10.2 Å². The van der Waals surface area contributed by atoms with E-state index in [0.717, 1.165) is 17.8 Å². The SMILES string of the molecule is CCc1nc(C(C)(C)C)c2sccc2n1. The molecule has 80 valence electrons. The highest BCUT2D eigenvalue weighted by Crippen LogP contribution is 2.31. The first-order chi connectivity index (χ1) is 7.02. The van der Waals surface area contributed by atoms with Crippen LogP contribution in [0.4, 0.5) is 0 Å². The number of fused-ring (bicyclic) bond motifs is 1. The first-order valence-corrected chi connectivity index (χ1v) is 6.15. The van der Waals surface area contributed by atoms with E-state index in [0.29, 0.717) is 0 Å². The zero-order valence-corrected chi connectivity index (χ0v) is 10.5. The molecule has 2 rings (SSSR count). The fraction of sp³-hybridized carbons (Fsp3) is 0.500. The lowest BCUT2D eigenvalue weighted by Crippen LogP contribution is -2.15. The molecule has 0 atom stereocenters. The van der Waals surface area contributed by atoms with Crippen LogP contribution in [0.2, 0.25) is 0 Å². The van der Waals surface area contributed by atoms with E-state index < -0.39 is 0 Å². The van der Waals surface area contributed by atoms with Crippen molar-refractivity contribution in [1.29, 1.82) is 0 Å². The van der Waals surface area contributed by atoms with Crippen LogP contribution in [0.15, 0.2) is 11.4 Å². The number of hydrogen-bond acceptors (Lipinski definition) is 3. The third-order valence-corrected chi connectivity index (χ3v) is 3.29. The van der Waals surface area contributed by atoms with Crippen LogP contribution in [0.1, 0.15) is 39.2 Å². The van der Waals surface area contributed by atoms with Gasteiger partial charge in [-0.1, -0.05) is 27.7 Å². The highest BCUT2D eigenvalue weighted by Gasteiger charge is 2.20. The van der Waals surface area contributed by atoms with Gasteiger partial charge in [0.15, 0.2) is 0 Å². The Bertz CT molecular complexity index is 480. The normalized spacial score (nSPS) is 12.3. The average Bonchev–Trinajstić information content (AvgIpc) is 2.61. The summed E-state index contributed by atoms with van der Waals surface area (Å²) in [5.74, 6) is 0.950. The minimum Gasteiger partial charge on any atom is -0.236 e.